The summed E-state index contributed by atoms with van der Waals surface area (Å²) in [5.74, 6) is 0.712. The van der Waals surface area contributed by atoms with Crippen molar-refractivity contribution in [2.45, 2.75) is 32.4 Å². The van der Waals surface area contributed by atoms with E-state index in [1.54, 1.807) is 24.5 Å². The summed E-state index contributed by atoms with van der Waals surface area (Å²) in [5.41, 5.74) is 3.93. The maximum absolute atomic E-state index is 13.4. The Morgan fingerprint density at radius 3 is 2.61 bits per heavy atom. The van der Waals surface area contributed by atoms with Gasteiger partial charge in [-0.05, 0) is 62.2 Å². The topological polar surface area (TPSA) is 63.0 Å². The summed E-state index contributed by atoms with van der Waals surface area (Å²) >= 11 is 0. The fourth-order valence-electron chi connectivity index (χ4n) is 4.77. The molecule has 170 valence electrons. The second kappa shape index (κ2) is 8.86. The van der Waals surface area contributed by atoms with Crippen molar-refractivity contribution in [3.05, 3.63) is 65.9 Å². The molecule has 0 N–H and O–H groups in total. The Hall–Kier alpha value is -3.39. The standard InChI is InChI=1S/C25H28FN7/c1-17-14-19(26)5-4-18(17)16-31(2)20-8-12-33(13-9-20)25-22-15-27-10-6-21(22)24(29-30-25)23-7-11-28-32(23)3/h4-7,10-11,14-15,20H,8-9,12-13,16H2,1-3H3. The molecule has 4 aromatic rings. The van der Waals surface area contributed by atoms with Gasteiger partial charge >= 0.3 is 0 Å². The lowest BCUT2D eigenvalue weighted by atomic mass is 10.0. The highest BCUT2D eigenvalue weighted by atomic mass is 19.1. The van der Waals surface area contributed by atoms with E-state index in [9.17, 15) is 4.39 Å². The zero-order chi connectivity index (χ0) is 22.9. The quantitative estimate of drug-likeness (QED) is 0.463. The minimum atomic E-state index is -0.176. The van der Waals surface area contributed by atoms with Crippen LogP contribution in [0.2, 0.25) is 0 Å². The van der Waals surface area contributed by atoms with Gasteiger partial charge in [0.1, 0.15) is 11.5 Å². The molecule has 1 aromatic carbocycles. The molecule has 7 nitrogen and oxygen atoms in total. The Balaban J connectivity index is 1.33. The van der Waals surface area contributed by atoms with Crippen LogP contribution in [0, 0.1) is 12.7 Å². The molecular formula is C25H28FN7. The van der Waals surface area contributed by atoms with E-state index in [4.69, 9.17) is 0 Å². The highest BCUT2D eigenvalue weighted by Crippen LogP contribution is 2.32. The zero-order valence-electron chi connectivity index (χ0n) is 19.2. The van der Waals surface area contributed by atoms with Crippen LogP contribution in [-0.2, 0) is 13.6 Å². The van der Waals surface area contributed by atoms with Gasteiger partial charge in [0.25, 0.3) is 0 Å². The largest absolute Gasteiger partial charge is 0.354 e. The Bertz CT molecular complexity index is 1280. The highest BCUT2D eigenvalue weighted by Gasteiger charge is 2.26. The van der Waals surface area contributed by atoms with Crippen molar-refractivity contribution >= 4 is 16.6 Å². The van der Waals surface area contributed by atoms with Gasteiger partial charge in [0, 0.05) is 62.1 Å². The predicted molar refractivity (Wildman–Crippen MR) is 127 cm³/mol. The Morgan fingerprint density at radius 1 is 1.06 bits per heavy atom. The molecule has 0 radical (unpaired) electrons. The third-order valence-electron chi connectivity index (χ3n) is 6.74. The fourth-order valence-corrected chi connectivity index (χ4v) is 4.77. The molecule has 0 spiro atoms. The van der Waals surface area contributed by atoms with Gasteiger partial charge in [0.2, 0.25) is 0 Å². The number of fused-ring (bicyclic) bond motifs is 1. The highest BCUT2D eigenvalue weighted by molar-refractivity contribution is 5.99. The van der Waals surface area contributed by atoms with E-state index < -0.39 is 0 Å². The molecule has 1 saturated heterocycles. The number of aryl methyl sites for hydroxylation is 2. The van der Waals surface area contributed by atoms with E-state index in [1.165, 1.54) is 5.56 Å². The number of aromatic nitrogens is 5. The fraction of sp³-hybridized carbons (Fsp3) is 0.360. The summed E-state index contributed by atoms with van der Waals surface area (Å²) in [6.07, 6.45) is 7.51. The van der Waals surface area contributed by atoms with E-state index in [0.717, 1.165) is 66.0 Å². The van der Waals surface area contributed by atoms with Gasteiger partial charge in [0.05, 0.1) is 5.69 Å². The van der Waals surface area contributed by atoms with Crippen LogP contribution < -0.4 is 4.90 Å². The molecule has 33 heavy (non-hydrogen) atoms. The minimum absolute atomic E-state index is 0.176. The zero-order valence-corrected chi connectivity index (χ0v) is 19.2. The molecule has 3 aromatic heterocycles. The SMILES string of the molecule is Cc1cc(F)ccc1CN(C)C1CCN(c2nnc(-c3ccnn3C)c3ccncc23)CC1. The molecule has 1 aliphatic heterocycles. The van der Waals surface area contributed by atoms with Crippen molar-refractivity contribution in [2.75, 3.05) is 25.0 Å². The van der Waals surface area contributed by atoms with Gasteiger partial charge in [-0.1, -0.05) is 6.07 Å². The summed E-state index contributed by atoms with van der Waals surface area (Å²) < 4.78 is 15.3. The van der Waals surface area contributed by atoms with Gasteiger partial charge < -0.3 is 4.90 Å². The lowest BCUT2D eigenvalue weighted by molar-refractivity contribution is 0.200. The molecule has 5 rings (SSSR count). The molecular weight excluding hydrogens is 417 g/mol. The number of hydrogen-bond acceptors (Lipinski definition) is 6. The van der Waals surface area contributed by atoms with Crippen LogP contribution in [0.1, 0.15) is 24.0 Å². The van der Waals surface area contributed by atoms with Crippen molar-refractivity contribution in [2.24, 2.45) is 7.05 Å². The second-order valence-electron chi connectivity index (χ2n) is 8.84. The molecule has 0 saturated carbocycles. The van der Waals surface area contributed by atoms with Crippen LogP contribution in [0.4, 0.5) is 10.2 Å². The van der Waals surface area contributed by atoms with Crippen molar-refractivity contribution in [3.63, 3.8) is 0 Å². The third kappa shape index (κ3) is 4.18. The molecule has 0 atom stereocenters. The van der Waals surface area contributed by atoms with Crippen LogP contribution in [0.25, 0.3) is 22.2 Å². The lowest BCUT2D eigenvalue weighted by Gasteiger charge is -2.37. The molecule has 0 unspecified atom stereocenters. The molecule has 4 heterocycles. The summed E-state index contributed by atoms with van der Waals surface area (Å²) in [4.78, 5) is 9.07. The van der Waals surface area contributed by atoms with Crippen LogP contribution in [0.3, 0.4) is 0 Å². The maximum atomic E-state index is 13.4. The average molecular weight is 446 g/mol. The Morgan fingerprint density at radius 2 is 1.88 bits per heavy atom. The molecule has 0 bridgehead atoms. The van der Waals surface area contributed by atoms with Crippen molar-refractivity contribution in [3.8, 4) is 11.4 Å². The van der Waals surface area contributed by atoms with Gasteiger partial charge in [-0.15, -0.1) is 10.2 Å². The smallest absolute Gasteiger partial charge is 0.160 e. The van der Waals surface area contributed by atoms with E-state index in [1.807, 2.05) is 43.0 Å². The number of nitrogens with zero attached hydrogens (tertiary/aromatic N) is 7. The molecule has 0 amide bonds. The minimum Gasteiger partial charge on any atom is -0.354 e. The first-order valence-corrected chi connectivity index (χ1v) is 11.3. The number of pyridine rings is 1. The van der Waals surface area contributed by atoms with Gasteiger partial charge in [-0.25, -0.2) is 4.39 Å². The van der Waals surface area contributed by atoms with Crippen molar-refractivity contribution in [1.29, 1.82) is 0 Å². The van der Waals surface area contributed by atoms with E-state index in [2.05, 4.69) is 37.1 Å². The van der Waals surface area contributed by atoms with Gasteiger partial charge in [0.15, 0.2) is 5.82 Å². The summed E-state index contributed by atoms with van der Waals surface area (Å²) in [6, 6.07) is 9.48. The van der Waals surface area contributed by atoms with Crippen LogP contribution in [0.15, 0.2) is 48.9 Å². The van der Waals surface area contributed by atoms with Gasteiger partial charge in [-0.2, -0.15) is 5.10 Å². The number of rotatable bonds is 5. The molecule has 1 aliphatic rings. The normalized spacial score (nSPS) is 15.0. The van der Waals surface area contributed by atoms with Crippen LogP contribution in [-0.4, -0.2) is 56.0 Å². The number of benzene rings is 1. The number of hydrogen-bond donors (Lipinski definition) is 0. The van der Waals surface area contributed by atoms with E-state index in [-0.39, 0.29) is 5.82 Å². The van der Waals surface area contributed by atoms with Crippen LogP contribution >= 0.6 is 0 Å². The Kier molecular flexibility index (Phi) is 5.76. The number of piperidine rings is 1. The number of halogens is 1. The number of anilines is 1. The summed E-state index contributed by atoms with van der Waals surface area (Å²) in [6.45, 7) is 4.60. The first-order chi connectivity index (χ1) is 16.0. The van der Waals surface area contributed by atoms with E-state index in [0.29, 0.717) is 6.04 Å². The van der Waals surface area contributed by atoms with Crippen molar-refractivity contribution < 1.29 is 4.39 Å². The molecule has 0 aliphatic carbocycles. The first-order valence-electron chi connectivity index (χ1n) is 11.3. The van der Waals surface area contributed by atoms with Gasteiger partial charge in [-0.3, -0.25) is 14.6 Å². The molecule has 8 heteroatoms. The Labute approximate surface area is 192 Å². The predicted octanol–water partition coefficient (Wildman–Crippen LogP) is 3.97. The maximum Gasteiger partial charge on any atom is 0.160 e. The lowest BCUT2D eigenvalue weighted by Crippen LogP contribution is -2.43. The summed E-state index contributed by atoms with van der Waals surface area (Å²) in [5, 5.41) is 15.5. The average Bonchev–Trinajstić information content (AvgIpc) is 3.26. The monoisotopic (exact) mass is 445 g/mol. The molecule has 1 fully saturated rings. The summed E-state index contributed by atoms with van der Waals surface area (Å²) in [7, 11) is 4.07. The van der Waals surface area contributed by atoms with Crippen molar-refractivity contribution in [1.82, 2.24) is 29.9 Å². The first kappa shape index (κ1) is 21.5. The van der Waals surface area contributed by atoms with E-state index >= 15 is 0 Å². The second-order valence-corrected chi connectivity index (χ2v) is 8.84. The van der Waals surface area contributed by atoms with Crippen LogP contribution in [0.5, 0.6) is 0 Å². The third-order valence-corrected chi connectivity index (χ3v) is 6.74.